The molecule has 0 spiro atoms. The summed E-state index contributed by atoms with van der Waals surface area (Å²) in [4.78, 5) is 3.70. The summed E-state index contributed by atoms with van der Waals surface area (Å²) in [6, 6.07) is 3.18. The zero-order valence-corrected chi connectivity index (χ0v) is 10.5. The summed E-state index contributed by atoms with van der Waals surface area (Å²) in [6.45, 7) is 0. The van der Waals surface area contributed by atoms with Crippen LogP contribution in [0.3, 0.4) is 0 Å². The molecule has 0 radical (unpaired) electrons. The van der Waals surface area contributed by atoms with E-state index in [4.69, 9.17) is 5.26 Å². The minimum Gasteiger partial charge on any atom is -0.250 e. The van der Waals surface area contributed by atoms with Crippen LogP contribution in [0, 0.1) is 14.9 Å². The Bertz CT molecular complexity index is 390. The molecule has 0 N–H and O–H groups in total. The molecule has 0 aliphatic rings. The molecule has 1 aromatic heterocycles. The van der Waals surface area contributed by atoms with Crippen molar-refractivity contribution >= 4 is 38.5 Å². The molecule has 1 rings (SSSR count). The van der Waals surface area contributed by atoms with E-state index in [1.807, 2.05) is 28.7 Å². The topological polar surface area (TPSA) is 36.7 Å². The zero-order chi connectivity index (χ0) is 10.7. The summed E-state index contributed by atoms with van der Waals surface area (Å²) in [6.07, 6.45) is -2.58. The maximum Gasteiger partial charge on any atom is 0.280 e. The molecule has 74 valence electrons. The average Bonchev–Trinajstić information content (AvgIpc) is 2.12. The van der Waals surface area contributed by atoms with Crippen LogP contribution >= 0.6 is 38.5 Å². The molecule has 1 aromatic rings. The fourth-order valence-electron chi connectivity index (χ4n) is 0.872. The van der Waals surface area contributed by atoms with Crippen LogP contribution in [0.2, 0.25) is 0 Å². The van der Waals surface area contributed by atoms with E-state index < -0.39 is 6.43 Å². The fourth-order valence-corrected chi connectivity index (χ4v) is 1.85. The number of pyridine rings is 1. The molecule has 0 saturated carbocycles. The van der Waals surface area contributed by atoms with Gasteiger partial charge in [-0.05, 0) is 44.6 Å². The molecule has 1 heterocycles. The van der Waals surface area contributed by atoms with Crippen molar-refractivity contribution in [1.82, 2.24) is 4.98 Å². The van der Waals surface area contributed by atoms with Gasteiger partial charge in [-0.2, -0.15) is 5.26 Å². The van der Waals surface area contributed by atoms with Crippen LogP contribution in [0.1, 0.15) is 17.8 Å². The lowest BCUT2D eigenvalue weighted by Crippen LogP contribution is -1.99. The van der Waals surface area contributed by atoms with Crippen molar-refractivity contribution in [2.75, 3.05) is 0 Å². The van der Waals surface area contributed by atoms with Gasteiger partial charge in [0, 0.05) is 3.57 Å². The lowest BCUT2D eigenvalue weighted by atomic mass is 10.2. The van der Waals surface area contributed by atoms with Crippen LogP contribution in [-0.4, -0.2) is 4.98 Å². The molecule has 0 unspecified atom stereocenters. The molecule has 0 aromatic carbocycles. The van der Waals surface area contributed by atoms with E-state index in [2.05, 4.69) is 20.9 Å². The second-order valence-electron chi connectivity index (χ2n) is 2.43. The van der Waals surface area contributed by atoms with Gasteiger partial charge in [-0.25, -0.2) is 13.8 Å². The molecule has 0 saturated heterocycles. The molecule has 0 fully saturated rings. The van der Waals surface area contributed by atoms with E-state index in [-0.39, 0.29) is 12.1 Å². The second-order valence-corrected chi connectivity index (χ2v) is 4.38. The Kier molecular flexibility index (Phi) is 4.19. The molecular formula is C8H4BrF2IN2. The normalized spacial score (nSPS) is 10.3. The van der Waals surface area contributed by atoms with Gasteiger partial charge in [-0.1, -0.05) is 0 Å². The van der Waals surface area contributed by atoms with E-state index in [1.165, 1.54) is 6.07 Å². The minimum atomic E-state index is -2.60. The summed E-state index contributed by atoms with van der Waals surface area (Å²) >= 11 is 5.12. The molecule has 0 amide bonds. The highest BCUT2D eigenvalue weighted by molar-refractivity contribution is 14.1. The first-order chi connectivity index (χ1) is 6.56. The van der Waals surface area contributed by atoms with Gasteiger partial charge in [0.2, 0.25) is 0 Å². The second kappa shape index (κ2) is 4.98. The predicted octanol–water partition coefficient (Wildman–Crippen LogP) is 3.45. The number of nitrogens with zero attached hydrogens (tertiary/aromatic N) is 2. The Morgan fingerprint density at radius 3 is 2.79 bits per heavy atom. The maximum absolute atomic E-state index is 12.3. The van der Waals surface area contributed by atoms with Gasteiger partial charge >= 0.3 is 0 Å². The van der Waals surface area contributed by atoms with Crippen molar-refractivity contribution in [3.63, 3.8) is 0 Å². The van der Waals surface area contributed by atoms with Crippen LogP contribution in [0.4, 0.5) is 8.78 Å². The highest BCUT2D eigenvalue weighted by atomic mass is 127. The molecule has 0 bridgehead atoms. The first-order valence-electron chi connectivity index (χ1n) is 3.56. The highest BCUT2D eigenvalue weighted by Crippen LogP contribution is 2.27. The van der Waals surface area contributed by atoms with E-state index in [0.717, 1.165) is 0 Å². The van der Waals surface area contributed by atoms with Crippen LogP contribution in [0.25, 0.3) is 0 Å². The van der Waals surface area contributed by atoms with Gasteiger partial charge in [0.15, 0.2) is 0 Å². The summed E-state index contributed by atoms with van der Waals surface area (Å²) in [5.74, 6) is 0. The quantitative estimate of drug-likeness (QED) is 0.745. The van der Waals surface area contributed by atoms with Crippen LogP contribution in [0.5, 0.6) is 0 Å². The van der Waals surface area contributed by atoms with Gasteiger partial charge in [-0.3, -0.25) is 0 Å². The fraction of sp³-hybridized carbons (Fsp3) is 0.250. The first kappa shape index (κ1) is 11.8. The van der Waals surface area contributed by atoms with Crippen molar-refractivity contribution in [2.24, 2.45) is 0 Å². The summed E-state index contributed by atoms with van der Waals surface area (Å²) in [5.41, 5.74) is 0.0672. The number of alkyl halides is 2. The Labute approximate surface area is 102 Å². The smallest absolute Gasteiger partial charge is 0.250 e. The van der Waals surface area contributed by atoms with Crippen molar-refractivity contribution in [3.05, 3.63) is 25.5 Å². The zero-order valence-electron chi connectivity index (χ0n) is 6.77. The summed E-state index contributed by atoms with van der Waals surface area (Å²) in [7, 11) is 0. The van der Waals surface area contributed by atoms with Crippen LogP contribution in [-0.2, 0) is 6.42 Å². The van der Waals surface area contributed by atoms with Crippen LogP contribution < -0.4 is 0 Å². The van der Waals surface area contributed by atoms with Gasteiger partial charge in [0.05, 0.1) is 22.7 Å². The summed E-state index contributed by atoms with van der Waals surface area (Å²) < 4.78 is 25.9. The number of hydrogen-bond donors (Lipinski definition) is 0. The number of halogens is 4. The first-order valence-corrected chi connectivity index (χ1v) is 5.43. The Hall–Kier alpha value is -0.290. The number of nitriles is 1. The standard InChI is InChI=1S/C8H4BrF2IN2/c9-7-4(12)3-6(8(10)11)14-5(7)1-2-13/h3,8H,1H2. The Balaban J connectivity index is 3.22. The van der Waals surface area contributed by atoms with E-state index in [1.54, 1.807) is 0 Å². The van der Waals surface area contributed by atoms with Gasteiger partial charge in [0.25, 0.3) is 6.43 Å². The van der Waals surface area contributed by atoms with Crippen molar-refractivity contribution in [2.45, 2.75) is 12.8 Å². The molecule has 0 aliphatic carbocycles. The van der Waals surface area contributed by atoms with E-state index >= 15 is 0 Å². The maximum atomic E-state index is 12.3. The van der Waals surface area contributed by atoms with Crippen molar-refractivity contribution in [3.8, 4) is 6.07 Å². The molecule has 2 nitrogen and oxygen atoms in total. The Morgan fingerprint density at radius 2 is 2.29 bits per heavy atom. The minimum absolute atomic E-state index is 0.0249. The number of aromatic nitrogens is 1. The lowest BCUT2D eigenvalue weighted by Gasteiger charge is -2.05. The molecular weight excluding hydrogens is 369 g/mol. The number of rotatable bonds is 2. The molecule has 0 atom stereocenters. The summed E-state index contributed by atoms with van der Waals surface area (Å²) in [5, 5.41) is 8.46. The lowest BCUT2D eigenvalue weighted by molar-refractivity contribution is 0.145. The van der Waals surface area contributed by atoms with E-state index in [0.29, 0.717) is 13.7 Å². The molecule has 0 aliphatic heterocycles. The third-order valence-electron chi connectivity index (χ3n) is 1.47. The predicted molar refractivity (Wildman–Crippen MR) is 58.9 cm³/mol. The van der Waals surface area contributed by atoms with Crippen LogP contribution in [0.15, 0.2) is 10.5 Å². The van der Waals surface area contributed by atoms with Gasteiger partial charge in [-0.15, -0.1) is 0 Å². The SMILES string of the molecule is N#CCc1nc(C(F)F)cc(I)c1Br. The van der Waals surface area contributed by atoms with Crippen molar-refractivity contribution in [1.29, 1.82) is 5.26 Å². The molecule has 14 heavy (non-hydrogen) atoms. The highest BCUT2D eigenvalue weighted by Gasteiger charge is 2.14. The van der Waals surface area contributed by atoms with Gasteiger partial charge in [0.1, 0.15) is 5.69 Å². The monoisotopic (exact) mass is 372 g/mol. The van der Waals surface area contributed by atoms with Gasteiger partial charge < -0.3 is 0 Å². The van der Waals surface area contributed by atoms with Crippen molar-refractivity contribution < 1.29 is 8.78 Å². The molecule has 6 heteroatoms. The average molecular weight is 373 g/mol. The third-order valence-corrected chi connectivity index (χ3v) is 3.95. The van der Waals surface area contributed by atoms with E-state index in [9.17, 15) is 8.78 Å². The largest absolute Gasteiger partial charge is 0.280 e. The Morgan fingerprint density at radius 1 is 1.64 bits per heavy atom. The third kappa shape index (κ3) is 2.60. The number of hydrogen-bond acceptors (Lipinski definition) is 2.